The van der Waals surface area contributed by atoms with Gasteiger partial charge in [0, 0.05) is 17.9 Å². The van der Waals surface area contributed by atoms with Crippen molar-refractivity contribution in [1.82, 2.24) is 15.1 Å². The van der Waals surface area contributed by atoms with Crippen LogP contribution in [0.2, 0.25) is 0 Å². The van der Waals surface area contributed by atoms with Crippen molar-refractivity contribution < 1.29 is 4.79 Å². The van der Waals surface area contributed by atoms with Crippen LogP contribution in [0.3, 0.4) is 0 Å². The average Bonchev–Trinajstić information content (AvgIpc) is 2.39. The summed E-state index contributed by atoms with van der Waals surface area (Å²) in [4.78, 5) is 14.6. The molecule has 1 aliphatic heterocycles. The number of hydrogen-bond acceptors (Lipinski definition) is 3. The van der Waals surface area contributed by atoms with Gasteiger partial charge in [0.2, 0.25) is 0 Å². The number of hydrogen-bond donors (Lipinski definition) is 0. The van der Waals surface area contributed by atoms with Crippen LogP contribution in [0.1, 0.15) is 30.1 Å². The van der Waals surface area contributed by atoms with Gasteiger partial charge in [-0.05, 0) is 24.8 Å². The lowest BCUT2D eigenvalue weighted by Gasteiger charge is -2.33. The summed E-state index contributed by atoms with van der Waals surface area (Å²) in [5, 5.41) is 7.42. The van der Waals surface area contributed by atoms with Crippen molar-refractivity contribution in [1.29, 1.82) is 0 Å². The van der Waals surface area contributed by atoms with Crippen LogP contribution in [-0.4, -0.2) is 38.9 Å². The minimum atomic E-state index is 0.0700. The van der Waals surface area contributed by atoms with Crippen molar-refractivity contribution in [2.75, 3.05) is 13.1 Å². The molecule has 2 heterocycles. The van der Waals surface area contributed by atoms with E-state index in [0.29, 0.717) is 16.3 Å². The molecular weight excluding hydrogens is 282 g/mol. The smallest absolute Gasteiger partial charge is 0.255 e. The quantitative estimate of drug-likeness (QED) is 0.786. The third-order valence-electron chi connectivity index (χ3n) is 3.31. The molecule has 5 heteroatoms. The van der Waals surface area contributed by atoms with Crippen molar-refractivity contribution in [2.24, 2.45) is 5.92 Å². The average molecular weight is 298 g/mol. The molecule has 1 saturated heterocycles. The van der Waals surface area contributed by atoms with E-state index in [1.165, 1.54) is 6.20 Å². The van der Waals surface area contributed by atoms with Crippen LogP contribution in [0.4, 0.5) is 0 Å². The lowest BCUT2D eigenvalue weighted by molar-refractivity contribution is 0.0691. The number of amides is 1. The van der Waals surface area contributed by atoms with Gasteiger partial charge in [0.1, 0.15) is 0 Å². The topological polar surface area (TPSA) is 46.1 Å². The van der Waals surface area contributed by atoms with Crippen molar-refractivity contribution in [2.45, 2.75) is 24.6 Å². The molecule has 0 spiro atoms. The Morgan fingerprint density at radius 3 is 2.71 bits per heavy atom. The first-order chi connectivity index (χ1) is 8.18. The van der Waals surface area contributed by atoms with Gasteiger partial charge in [-0.25, -0.2) is 0 Å². The lowest BCUT2D eigenvalue weighted by atomic mass is 9.94. The summed E-state index contributed by atoms with van der Waals surface area (Å²) in [5.74, 6) is 0.746. The van der Waals surface area contributed by atoms with E-state index in [-0.39, 0.29) is 5.91 Å². The first-order valence-corrected chi connectivity index (χ1v) is 6.80. The predicted octanol–water partition coefficient (Wildman–Crippen LogP) is 2.11. The Morgan fingerprint density at radius 1 is 1.47 bits per heavy atom. The largest absolute Gasteiger partial charge is 0.339 e. The highest BCUT2D eigenvalue weighted by Crippen LogP contribution is 2.25. The van der Waals surface area contributed by atoms with Gasteiger partial charge in [0.25, 0.3) is 5.91 Å². The van der Waals surface area contributed by atoms with E-state index >= 15 is 0 Å². The van der Waals surface area contributed by atoms with E-state index in [0.717, 1.165) is 25.9 Å². The second-order valence-corrected chi connectivity index (χ2v) is 5.88. The van der Waals surface area contributed by atoms with Crippen LogP contribution in [0, 0.1) is 5.92 Å². The lowest BCUT2D eigenvalue weighted by Crippen LogP contribution is -2.40. The van der Waals surface area contributed by atoms with Crippen molar-refractivity contribution in [3.05, 3.63) is 24.0 Å². The molecule has 4 nitrogen and oxygen atoms in total. The summed E-state index contributed by atoms with van der Waals surface area (Å²) in [6.45, 7) is 3.85. The minimum Gasteiger partial charge on any atom is -0.339 e. The molecule has 1 unspecified atom stereocenters. The number of aromatic nitrogens is 2. The number of rotatable bonds is 2. The summed E-state index contributed by atoms with van der Waals surface area (Å²) in [7, 11) is 0. The van der Waals surface area contributed by atoms with E-state index in [2.05, 4.69) is 33.1 Å². The highest BCUT2D eigenvalue weighted by molar-refractivity contribution is 9.09. The summed E-state index contributed by atoms with van der Waals surface area (Å²) < 4.78 is 0. The third kappa shape index (κ3) is 3.03. The molecular formula is C12H16BrN3O. The van der Waals surface area contributed by atoms with Gasteiger partial charge in [-0.15, -0.1) is 0 Å². The number of nitrogens with zero attached hydrogens (tertiary/aromatic N) is 3. The van der Waals surface area contributed by atoms with Gasteiger partial charge in [-0.3, -0.25) is 4.79 Å². The maximum absolute atomic E-state index is 12.1. The second-order valence-electron chi connectivity index (χ2n) is 4.44. The Bertz CT molecular complexity index is 375. The van der Waals surface area contributed by atoms with Gasteiger partial charge in [-0.1, -0.05) is 22.9 Å². The molecule has 1 atom stereocenters. The second kappa shape index (κ2) is 5.58. The highest BCUT2D eigenvalue weighted by Gasteiger charge is 2.25. The zero-order valence-electron chi connectivity index (χ0n) is 9.84. The molecule has 92 valence electrons. The van der Waals surface area contributed by atoms with E-state index in [1.54, 1.807) is 12.3 Å². The Labute approximate surface area is 110 Å². The number of alkyl halides is 1. The van der Waals surface area contributed by atoms with Crippen molar-refractivity contribution >= 4 is 21.8 Å². The minimum absolute atomic E-state index is 0.0700. The van der Waals surface area contributed by atoms with Crippen LogP contribution in [0.15, 0.2) is 18.5 Å². The van der Waals surface area contributed by atoms with Crippen LogP contribution >= 0.6 is 15.9 Å². The molecule has 1 aromatic heterocycles. The normalized spacial score (nSPS) is 19.1. The maximum atomic E-state index is 12.1. The summed E-state index contributed by atoms with van der Waals surface area (Å²) in [5.41, 5.74) is 0.630. The van der Waals surface area contributed by atoms with E-state index < -0.39 is 0 Å². The van der Waals surface area contributed by atoms with Crippen molar-refractivity contribution in [3.8, 4) is 0 Å². The monoisotopic (exact) mass is 297 g/mol. The summed E-state index contributed by atoms with van der Waals surface area (Å²) in [6, 6.07) is 1.72. The van der Waals surface area contributed by atoms with E-state index in [1.807, 2.05) is 4.90 Å². The number of halogens is 1. The van der Waals surface area contributed by atoms with Gasteiger partial charge in [-0.2, -0.15) is 10.2 Å². The van der Waals surface area contributed by atoms with Crippen LogP contribution < -0.4 is 0 Å². The Morgan fingerprint density at radius 2 is 2.18 bits per heavy atom. The molecule has 0 aliphatic carbocycles. The summed E-state index contributed by atoms with van der Waals surface area (Å²) in [6.07, 6.45) is 5.22. The fraction of sp³-hybridized carbons (Fsp3) is 0.583. The standard InChI is InChI=1S/C12H16BrN3O/c1-9(13)10-3-6-16(7-4-10)12(17)11-2-5-14-15-8-11/h2,5,8-10H,3-4,6-7H2,1H3. The van der Waals surface area contributed by atoms with E-state index in [4.69, 9.17) is 0 Å². The molecule has 0 N–H and O–H groups in total. The molecule has 1 aliphatic rings. The molecule has 1 amide bonds. The van der Waals surface area contributed by atoms with E-state index in [9.17, 15) is 4.79 Å². The molecule has 1 aromatic rings. The van der Waals surface area contributed by atoms with Gasteiger partial charge in [0.15, 0.2) is 0 Å². The first kappa shape index (κ1) is 12.5. The van der Waals surface area contributed by atoms with Gasteiger partial charge < -0.3 is 4.90 Å². The zero-order chi connectivity index (χ0) is 12.3. The zero-order valence-corrected chi connectivity index (χ0v) is 11.4. The Hall–Kier alpha value is -0.970. The number of likely N-dealkylation sites (tertiary alicyclic amines) is 1. The molecule has 0 aromatic carbocycles. The third-order valence-corrected chi connectivity index (χ3v) is 4.06. The fourth-order valence-electron chi connectivity index (χ4n) is 2.16. The molecule has 2 rings (SSSR count). The Balaban J connectivity index is 1.95. The maximum Gasteiger partial charge on any atom is 0.255 e. The molecule has 0 saturated carbocycles. The summed E-state index contributed by atoms with van der Waals surface area (Å²) >= 11 is 3.62. The SMILES string of the molecule is CC(Br)C1CCN(C(=O)c2ccnnc2)CC1. The van der Waals surface area contributed by atoms with Crippen LogP contribution in [-0.2, 0) is 0 Å². The highest BCUT2D eigenvalue weighted by atomic mass is 79.9. The van der Waals surface area contributed by atoms with Gasteiger partial charge >= 0.3 is 0 Å². The van der Waals surface area contributed by atoms with Crippen LogP contribution in [0.5, 0.6) is 0 Å². The van der Waals surface area contributed by atoms with Gasteiger partial charge in [0.05, 0.1) is 18.0 Å². The van der Waals surface area contributed by atoms with Crippen molar-refractivity contribution in [3.63, 3.8) is 0 Å². The molecule has 1 fully saturated rings. The molecule has 0 bridgehead atoms. The van der Waals surface area contributed by atoms with Crippen LogP contribution in [0.25, 0.3) is 0 Å². The predicted molar refractivity (Wildman–Crippen MR) is 69.0 cm³/mol. The molecule has 0 radical (unpaired) electrons. The number of carbonyl (C=O) groups is 1. The molecule has 17 heavy (non-hydrogen) atoms. The Kier molecular flexibility index (Phi) is 4.10. The number of piperidine rings is 1. The number of carbonyl (C=O) groups excluding carboxylic acids is 1. The first-order valence-electron chi connectivity index (χ1n) is 5.88. The fourth-order valence-corrected chi connectivity index (χ4v) is 2.69.